The van der Waals surface area contributed by atoms with E-state index < -0.39 is 23.8 Å². The quantitative estimate of drug-likeness (QED) is 0.773. The van der Waals surface area contributed by atoms with E-state index in [4.69, 9.17) is 0 Å². The summed E-state index contributed by atoms with van der Waals surface area (Å²) in [5.74, 6) is -1.31. The average Bonchev–Trinajstić information content (AvgIpc) is 2.55. The molecule has 2 aromatic carbocycles. The van der Waals surface area contributed by atoms with Crippen molar-refractivity contribution >= 4 is 23.5 Å². The molecule has 0 aliphatic rings. The van der Waals surface area contributed by atoms with Crippen LogP contribution in [0, 0.1) is 11.6 Å². The minimum atomic E-state index is -0.653. The summed E-state index contributed by atoms with van der Waals surface area (Å²) in [6.45, 7) is 0.219. The van der Waals surface area contributed by atoms with Crippen molar-refractivity contribution in [2.45, 2.75) is 6.42 Å². The predicted octanol–water partition coefficient (Wildman–Crippen LogP) is 3.51. The van der Waals surface area contributed by atoms with Gasteiger partial charge < -0.3 is 15.4 Å². The van der Waals surface area contributed by atoms with E-state index in [1.54, 1.807) is 24.3 Å². The molecule has 3 amide bonds. The lowest BCUT2D eigenvalue weighted by atomic mass is 10.1. The van der Waals surface area contributed by atoms with E-state index >= 15 is 0 Å². The molecule has 2 aromatic rings. The second-order valence-corrected chi connectivity index (χ2v) is 5.10. The van der Waals surface area contributed by atoms with Crippen LogP contribution in [0.15, 0.2) is 42.5 Å². The lowest BCUT2D eigenvalue weighted by Gasteiger charge is -2.09. The van der Waals surface area contributed by atoms with E-state index in [0.29, 0.717) is 23.4 Å². The number of anilines is 2. The Bertz CT molecular complexity index is 731. The van der Waals surface area contributed by atoms with Gasteiger partial charge in [0.25, 0.3) is 0 Å². The minimum absolute atomic E-state index is 0.219. The summed E-state index contributed by atoms with van der Waals surface area (Å²) in [6, 6.07) is 9.18. The second kappa shape index (κ2) is 8.62. The van der Waals surface area contributed by atoms with Crippen LogP contribution >= 0.6 is 0 Å². The maximum atomic E-state index is 13.1. The van der Waals surface area contributed by atoms with E-state index in [-0.39, 0.29) is 6.54 Å². The lowest BCUT2D eigenvalue weighted by molar-refractivity contribution is 0.187. The van der Waals surface area contributed by atoms with Crippen molar-refractivity contribution in [2.24, 2.45) is 0 Å². The summed E-state index contributed by atoms with van der Waals surface area (Å²) >= 11 is 0. The van der Waals surface area contributed by atoms with Crippen molar-refractivity contribution in [1.82, 2.24) is 5.32 Å². The van der Waals surface area contributed by atoms with Gasteiger partial charge in [-0.2, -0.15) is 0 Å². The van der Waals surface area contributed by atoms with Crippen molar-refractivity contribution in [3.63, 3.8) is 0 Å². The molecule has 3 N–H and O–H groups in total. The topological polar surface area (TPSA) is 79.5 Å². The largest absolute Gasteiger partial charge is 0.453 e. The summed E-state index contributed by atoms with van der Waals surface area (Å²) in [6.07, 6.45) is -0.295. The SMILES string of the molecule is COC(=O)Nc1ccc(NC(=O)NCCc2cc(F)cc(F)c2)cc1. The lowest BCUT2D eigenvalue weighted by Crippen LogP contribution is -2.30. The first kappa shape index (κ1) is 18.2. The zero-order valence-corrected chi connectivity index (χ0v) is 13.4. The van der Waals surface area contributed by atoms with Crippen molar-refractivity contribution in [3.8, 4) is 0 Å². The van der Waals surface area contributed by atoms with E-state index in [1.165, 1.54) is 19.2 Å². The van der Waals surface area contributed by atoms with Gasteiger partial charge in [0.15, 0.2) is 0 Å². The fraction of sp³-hybridized carbons (Fsp3) is 0.176. The molecule has 0 aromatic heterocycles. The molecule has 0 unspecified atom stereocenters. The van der Waals surface area contributed by atoms with Gasteiger partial charge in [-0.05, 0) is 48.4 Å². The van der Waals surface area contributed by atoms with Crippen LogP contribution in [0.1, 0.15) is 5.56 Å². The number of rotatable bonds is 5. The van der Waals surface area contributed by atoms with Crippen molar-refractivity contribution in [2.75, 3.05) is 24.3 Å². The number of benzene rings is 2. The molecule has 2 rings (SSSR count). The van der Waals surface area contributed by atoms with E-state index in [9.17, 15) is 18.4 Å². The van der Waals surface area contributed by atoms with Gasteiger partial charge in [0, 0.05) is 24.0 Å². The molecule has 0 aliphatic heterocycles. The van der Waals surface area contributed by atoms with Crippen LogP contribution in [0.4, 0.5) is 29.7 Å². The van der Waals surface area contributed by atoms with Crippen LogP contribution < -0.4 is 16.0 Å². The van der Waals surface area contributed by atoms with E-state index in [1.807, 2.05) is 0 Å². The molecule has 0 atom stereocenters. The molecular weight excluding hydrogens is 332 g/mol. The molecular formula is C17H17F2N3O3. The third-order valence-electron chi connectivity index (χ3n) is 3.20. The fourth-order valence-electron chi connectivity index (χ4n) is 2.06. The van der Waals surface area contributed by atoms with Crippen LogP contribution in [0.3, 0.4) is 0 Å². The van der Waals surface area contributed by atoms with Gasteiger partial charge in [0.05, 0.1) is 7.11 Å². The van der Waals surface area contributed by atoms with Crippen LogP contribution in [0.2, 0.25) is 0 Å². The van der Waals surface area contributed by atoms with Gasteiger partial charge >= 0.3 is 12.1 Å². The minimum Gasteiger partial charge on any atom is -0.453 e. The Morgan fingerprint density at radius 3 is 2.08 bits per heavy atom. The van der Waals surface area contributed by atoms with Crippen LogP contribution in [0.25, 0.3) is 0 Å². The van der Waals surface area contributed by atoms with Crippen LogP contribution in [-0.2, 0) is 11.2 Å². The number of carbonyl (C=O) groups is 2. The first-order valence-corrected chi connectivity index (χ1v) is 7.41. The number of carbonyl (C=O) groups excluding carboxylic acids is 2. The van der Waals surface area contributed by atoms with Crippen molar-refractivity contribution < 1.29 is 23.1 Å². The van der Waals surface area contributed by atoms with Crippen molar-refractivity contribution in [3.05, 3.63) is 59.7 Å². The number of ether oxygens (including phenoxy) is 1. The van der Waals surface area contributed by atoms with Gasteiger partial charge in [-0.1, -0.05) is 0 Å². The number of nitrogens with one attached hydrogen (secondary N) is 3. The first-order valence-electron chi connectivity index (χ1n) is 7.41. The van der Waals surface area contributed by atoms with Gasteiger partial charge in [-0.25, -0.2) is 18.4 Å². The molecule has 132 valence electrons. The highest BCUT2D eigenvalue weighted by atomic mass is 19.1. The molecule has 0 spiro atoms. The highest BCUT2D eigenvalue weighted by Gasteiger charge is 2.05. The number of urea groups is 1. The van der Waals surface area contributed by atoms with Crippen molar-refractivity contribution in [1.29, 1.82) is 0 Å². The van der Waals surface area contributed by atoms with Gasteiger partial charge in [0.2, 0.25) is 0 Å². The highest BCUT2D eigenvalue weighted by molar-refractivity contribution is 5.90. The molecule has 0 heterocycles. The number of methoxy groups -OCH3 is 1. The predicted molar refractivity (Wildman–Crippen MR) is 89.6 cm³/mol. The van der Waals surface area contributed by atoms with Gasteiger partial charge in [0.1, 0.15) is 11.6 Å². The molecule has 6 nitrogen and oxygen atoms in total. The first-order chi connectivity index (χ1) is 12.0. The number of amides is 3. The Balaban J connectivity index is 1.79. The average molecular weight is 349 g/mol. The second-order valence-electron chi connectivity index (χ2n) is 5.10. The summed E-state index contributed by atoms with van der Waals surface area (Å²) in [7, 11) is 1.26. The third-order valence-corrected chi connectivity index (χ3v) is 3.20. The normalized spacial score (nSPS) is 10.0. The Morgan fingerprint density at radius 2 is 1.52 bits per heavy atom. The Kier molecular flexibility index (Phi) is 6.27. The third kappa shape index (κ3) is 6.09. The summed E-state index contributed by atoms with van der Waals surface area (Å²) < 4.78 is 30.6. The maximum Gasteiger partial charge on any atom is 0.411 e. The van der Waals surface area contributed by atoms with Gasteiger partial charge in [-0.3, -0.25) is 5.32 Å². The molecule has 0 aliphatic carbocycles. The molecule has 25 heavy (non-hydrogen) atoms. The Labute approximate surface area is 143 Å². The number of halogens is 2. The zero-order valence-electron chi connectivity index (χ0n) is 13.4. The molecule has 0 saturated heterocycles. The monoisotopic (exact) mass is 349 g/mol. The number of hydrogen-bond donors (Lipinski definition) is 3. The zero-order chi connectivity index (χ0) is 18.2. The van der Waals surface area contributed by atoms with E-state index in [0.717, 1.165) is 6.07 Å². The molecule has 0 radical (unpaired) electrons. The molecule has 8 heteroatoms. The fourth-order valence-corrected chi connectivity index (χ4v) is 2.06. The Hall–Kier alpha value is -3.16. The molecule has 0 fully saturated rings. The number of hydrogen-bond acceptors (Lipinski definition) is 3. The van der Waals surface area contributed by atoms with E-state index in [2.05, 4.69) is 20.7 Å². The standard InChI is InChI=1S/C17H17F2N3O3/c1-25-17(24)22-15-4-2-14(3-5-15)21-16(23)20-7-6-11-8-12(18)10-13(19)9-11/h2-5,8-10H,6-7H2,1H3,(H,22,24)(H2,20,21,23). The molecule has 0 saturated carbocycles. The molecule has 0 bridgehead atoms. The summed E-state index contributed by atoms with van der Waals surface area (Å²) in [5, 5.41) is 7.68. The van der Waals surface area contributed by atoms with Crippen LogP contribution in [-0.4, -0.2) is 25.8 Å². The maximum absolute atomic E-state index is 13.1. The summed E-state index contributed by atoms with van der Waals surface area (Å²) in [4.78, 5) is 22.8. The summed E-state index contributed by atoms with van der Waals surface area (Å²) in [5.41, 5.74) is 1.49. The van der Waals surface area contributed by atoms with Gasteiger partial charge in [-0.15, -0.1) is 0 Å². The highest BCUT2D eigenvalue weighted by Crippen LogP contribution is 2.13. The Morgan fingerprint density at radius 1 is 0.960 bits per heavy atom. The van der Waals surface area contributed by atoms with Crippen LogP contribution in [0.5, 0.6) is 0 Å². The smallest absolute Gasteiger partial charge is 0.411 e.